The van der Waals surface area contributed by atoms with E-state index >= 15 is 0 Å². The van der Waals surface area contributed by atoms with E-state index < -0.39 is 10.0 Å². The first-order valence-electron chi connectivity index (χ1n) is 11.4. The molecule has 0 saturated carbocycles. The summed E-state index contributed by atoms with van der Waals surface area (Å²) >= 11 is 0. The standard InChI is InChI=1S/C24H23N9O2S/c25-7-5-20(33-15-19(14-30-33)23-21-6-8-27-24(21)29-17-28-23)16-31-9-11-32(12-10-31)36(34,35)22-4-2-1-3-18(22)13-26/h1-4,6,8,14-15,17,20H,5,9-12,16H2,(H,27,28,29). The molecule has 1 aliphatic heterocycles. The van der Waals surface area contributed by atoms with Crippen LogP contribution in [0.15, 0.2) is 60.1 Å². The van der Waals surface area contributed by atoms with Crippen molar-refractivity contribution >= 4 is 21.1 Å². The Kier molecular flexibility index (Phi) is 6.48. The minimum absolute atomic E-state index is 0.0358. The van der Waals surface area contributed by atoms with Gasteiger partial charge in [-0.05, 0) is 18.2 Å². The number of aromatic nitrogens is 5. The first-order chi connectivity index (χ1) is 17.5. The van der Waals surface area contributed by atoms with Gasteiger partial charge < -0.3 is 4.98 Å². The van der Waals surface area contributed by atoms with Crippen LogP contribution in [0.25, 0.3) is 22.3 Å². The van der Waals surface area contributed by atoms with Crippen LogP contribution in [0.5, 0.6) is 0 Å². The Morgan fingerprint density at radius 2 is 1.89 bits per heavy atom. The Hall–Kier alpha value is -4.10. The van der Waals surface area contributed by atoms with Gasteiger partial charge in [0.05, 0.1) is 40.9 Å². The van der Waals surface area contributed by atoms with E-state index in [1.807, 2.05) is 24.5 Å². The third-order valence-electron chi connectivity index (χ3n) is 6.36. The Bertz CT molecular complexity index is 1570. The average molecular weight is 502 g/mol. The van der Waals surface area contributed by atoms with E-state index in [1.54, 1.807) is 23.0 Å². The number of aromatic amines is 1. The van der Waals surface area contributed by atoms with Gasteiger partial charge in [-0.25, -0.2) is 18.4 Å². The second kappa shape index (κ2) is 9.87. The molecule has 1 aliphatic rings. The SMILES string of the molecule is N#CCC(CN1CCN(S(=O)(=O)c2ccccc2C#N)CC1)n1cc(-c2ncnc3[nH]ccc23)cn1. The van der Waals surface area contributed by atoms with E-state index in [4.69, 9.17) is 0 Å². The number of sulfonamides is 1. The molecule has 4 aromatic rings. The van der Waals surface area contributed by atoms with Crippen LogP contribution in [0.1, 0.15) is 18.0 Å². The zero-order valence-electron chi connectivity index (χ0n) is 19.3. The van der Waals surface area contributed by atoms with E-state index in [0.717, 1.165) is 22.3 Å². The maximum Gasteiger partial charge on any atom is 0.244 e. The summed E-state index contributed by atoms with van der Waals surface area (Å²) in [6.07, 6.45) is 7.19. The van der Waals surface area contributed by atoms with E-state index in [9.17, 15) is 18.9 Å². The maximum atomic E-state index is 13.1. The molecular formula is C24H23N9O2S. The fourth-order valence-electron chi connectivity index (χ4n) is 4.48. The Labute approximate surface area is 208 Å². The molecule has 1 atom stereocenters. The lowest BCUT2D eigenvalue weighted by atomic mass is 10.1. The average Bonchev–Trinajstić information content (AvgIpc) is 3.59. The summed E-state index contributed by atoms with van der Waals surface area (Å²) < 4.78 is 29.4. The molecule has 5 rings (SSSR count). The summed E-state index contributed by atoms with van der Waals surface area (Å²) in [5.41, 5.74) is 2.48. The molecule has 1 aromatic carbocycles. The van der Waals surface area contributed by atoms with Crippen LogP contribution in [0, 0.1) is 22.7 Å². The van der Waals surface area contributed by atoms with Crippen LogP contribution in [-0.2, 0) is 10.0 Å². The number of rotatable bonds is 7. The Morgan fingerprint density at radius 1 is 1.08 bits per heavy atom. The zero-order valence-corrected chi connectivity index (χ0v) is 20.1. The zero-order chi connectivity index (χ0) is 25.1. The quantitative estimate of drug-likeness (QED) is 0.405. The van der Waals surface area contributed by atoms with Crippen LogP contribution < -0.4 is 0 Å². The van der Waals surface area contributed by atoms with Gasteiger partial charge in [0.25, 0.3) is 0 Å². The molecule has 3 aromatic heterocycles. The number of piperazine rings is 1. The highest BCUT2D eigenvalue weighted by atomic mass is 32.2. The summed E-state index contributed by atoms with van der Waals surface area (Å²) in [5, 5.41) is 24.2. The third kappa shape index (κ3) is 4.45. The lowest BCUT2D eigenvalue weighted by molar-refractivity contribution is 0.163. The molecule has 0 radical (unpaired) electrons. The van der Waals surface area contributed by atoms with E-state index in [0.29, 0.717) is 32.7 Å². The van der Waals surface area contributed by atoms with Crippen molar-refractivity contribution in [3.8, 4) is 23.4 Å². The minimum Gasteiger partial charge on any atom is -0.346 e. The Balaban J connectivity index is 1.28. The van der Waals surface area contributed by atoms with Gasteiger partial charge in [0, 0.05) is 56.1 Å². The summed E-state index contributed by atoms with van der Waals surface area (Å²) in [4.78, 5) is 13.9. The molecule has 12 heteroatoms. The van der Waals surface area contributed by atoms with Crippen molar-refractivity contribution in [2.45, 2.75) is 17.4 Å². The van der Waals surface area contributed by atoms with Gasteiger partial charge in [-0.2, -0.15) is 19.9 Å². The summed E-state index contributed by atoms with van der Waals surface area (Å²) in [6.45, 7) is 2.19. The molecule has 1 N–H and O–H groups in total. The second-order valence-corrected chi connectivity index (χ2v) is 10.4. The molecule has 0 bridgehead atoms. The molecule has 1 saturated heterocycles. The summed E-state index contributed by atoms with van der Waals surface area (Å²) in [5.74, 6) is 0. The summed E-state index contributed by atoms with van der Waals surface area (Å²) in [7, 11) is -3.76. The largest absolute Gasteiger partial charge is 0.346 e. The molecule has 11 nitrogen and oxygen atoms in total. The van der Waals surface area contributed by atoms with Crippen molar-refractivity contribution < 1.29 is 8.42 Å². The number of nitrogens with one attached hydrogen (secondary N) is 1. The van der Waals surface area contributed by atoms with Crippen LogP contribution in [-0.4, -0.2) is 75.1 Å². The number of benzene rings is 1. The van der Waals surface area contributed by atoms with Gasteiger partial charge in [-0.3, -0.25) is 9.58 Å². The number of fused-ring (bicyclic) bond motifs is 1. The molecule has 0 aliphatic carbocycles. The highest BCUT2D eigenvalue weighted by molar-refractivity contribution is 7.89. The predicted octanol–water partition coefficient (Wildman–Crippen LogP) is 2.15. The van der Waals surface area contributed by atoms with Gasteiger partial charge in [-0.15, -0.1) is 0 Å². The van der Waals surface area contributed by atoms with Crippen LogP contribution in [0.4, 0.5) is 0 Å². The third-order valence-corrected chi connectivity index (χ3v) is 8.31. The molecule has 0 amide bonds. The topological polar surface area (TPSA) is 148 Å². The predicted molar refractivity (Wildman–Crippen MR) is 131 cm³/mol. The molecule has 182 valence electrons. The molecular weight excluding hydrogens is 478 g/mol. The van der Waals surface area contributed by atoms with Crippen molar-refractivity contribution in [3.05, 3.63) is 60.8 Å². The normalized spacial score (nSPS) is 15.9. The van der Waals surface area contributed by atoms with E-state index in [2.05, 4.69) is 31.0 Å². The summed E-state index contributed by atoms with van der Waals surface area (Å²) in [6, 6.07) is 12.2. The number of nitrogens with zero attached hydrogens (tertiary/aromatic N) is 8. The van der Waals surface area contributed by atoms with Crippen molar-refractivity contribution in [2.75, 3.05) is 32.7 Å². The molecule has 4 heterocycles. The fourth-order valence-corrected chi connectivity index (χ4v) is 6.05. The van der Waals surface area contributed by atoms with Crippen molar-refractivity contribution in [1.82, 2.24) is 33.9 Å². The smallest absolute Gasteiger partial charge is 0.244 e. The highest BCUT2D eigenvalue weighted by Gasteiger charge is 2.31. The number of hydrogen-bond acceptors (Lipinski definition) is 8. The van der Waals surface area contributed by atoms with Crippen molar-refractivity contribution in [2.24, 2.45) is 0 Å². The lowest BCUT2D eigenvalue weighted by Crippen LogP contribution is -2.49. The van der Waals surface area contributed by atoms with Gasteiger partial charge in [0.2, 0.25) is 10.0 Å². The van der Waals surface area contributed by atoms with Crippen molar-refractivity contribution in [3.63, 3.8) is 0 Å². The second-order valence-electron chi connectivity index (χ2n) is 8.50. The van der Waals surface area contributed by atoms with Crippen LogP contribution in [0.2, 0.25) is 0 Å². The van der Waals surface area contributed by atoms with Crippen LogP contribution >= 0.6 is 0 Å². The number of H-pyrrole nitrogens is 1. The van der Waals surface area contributed by atoms with Crippen LogP contribution in [0.3, 0.4) is 0 Å². The van der Waals surface area contributed by atoms with E-state index in [-0.39, 0.29) is 22.9 Å². The lowest BCUT2D eigenvalue weighted by Gasteiger charge is -2.35. The van der Waals surface area contributed by atoms with Gasteiger partial charge in [0.15, 0.2) is 0 Å². The van der Waals surface area contributed by atoms with Gasteiger partial charge >= 0.3 is 0 Å². The maximum absolute atomic E-state index is 13.1. The number of nitriles is 2. The first kappa shape index (κ1) is 23.6. The first-order valence-corrected chi connectivity index (χ1v) is 12.9. The Morgan fingerprint density at radius 3 is 2.67 bits per heavy atom. The molecule has 36 heavy (non-hydrogen) atoms. The van der Waals surface area contributed by atoms with E-state index in [1.165, 1.54) is 22.8 Å². The van der Waals surface area contributed by atoms with Crippen molar-refractivity contribution in [1.29, 1.82) is 10.5 Å². The molecule has 1 fully saturated rings. The van der Waals surface area contributed by atoms with Gasteiger partial charge in [-0.1, -0.05) is 12.1 Å². The van der Waals surface area contributed by atoms with Gasteiger partial charge in [0.1, 0.15) is 18.0 Å². The monoisotopic (exact) mass is 501 g/mol. The minimum atomic E-state index is -3.76. The molecule has 1 unspecified atom stereocenters. The highest BCUT2D eigenvalue weighted by Crippen LogP contribution is 2.26. The fraction of sp³-hybridized carbons (Fsp3) is 0.292. The number of hydrogen-bond donors (Lipinski definition) is 1. The molecule has 0 spiro atoms.